The van der Waals surface area contributed by atoms with Gasteiger partial charge in [-0.05, 0) is 38.1 Å². The first-order valence-electron chi connectivity index (χ1n) is 9.85. The first-order valence-corrected chi connectivity index (χ1v) is 9.85. The summed E-state index contributed by atoms with van der Waals surface area (Å²) in [6.07, 6.45) is 0.136. The van der Waals surface area contributed by atoms with Crippen LogP contribution < -0.4 is 10.2 Å². The Bertz CT molecular complexity index is 1140. The maximum atomic E-state index is 12.9. The van der Waals surface area contributed by atoms with E-state index in [4.69, 9.17) is 9.15 Å². The van der Waals surface area contributed by atoms with Gasteiger partial charge >= 0.3 is 5.97 Å². The highest BCUT2D eigenvalue weighted by atomic mass is 16.5. The fourth-order valence-corrected chi connectivity index (χ4v) is 3.52. The Hall–Kier alpha value is -3.94. The minimum absolute atomic E-state index is 0.0211. The monoisotopic (exact) mass is 419 g/mol. The lowest BCUT2D eigenvalue weighted by atomic mass is 10.1. The van der Waals surface area contributed by atoms with Crippen molar-refractivity contribution in [2.45, 2.75) is 26.3 Å². The SMILES string of the molecule is Cc1oc(-c2ccccc2)nc1C(=O)OCC(=O)N1c2ccccc2NC(=O)C[C@@H]1C. The van der Waals surface area contributed by atoms with E-state index in [2.05, 4.69) is 10.3 Å². The van der Waals surface area contributed by atoms with Gasteiger partial charge in [-0.1, -0.05) is 30.3 Å². The molecule has 3 aromatic rings. The quantitative estimate of drug-likeness (QED) is 0.649. The summed E-state index contributed by atoms with van der Waals surface area (Å²) in [5, 5.41) is 2.79. The number of nitrogens with zero attached hydrogens (tertiary/aromatic N) is 2. The average molecular weight is 419 g/mol. The number of para-hydroxylation sites is 2. The van der Waals surface area contributed by atoms with Crippen molar-refractivity contribution in [3.63, 3.8) is 0 Å². The van der Waals surface area contributed by atoms with E-state index in [-0.39, 0.29) is 18.0 Å². The van der Waals surface area contributed by atoms with E-state index in [1.54, 1.807) is 38.1 Å². The second-order valence-electron chi connectivity index (χ2n) is 7.25. The molecule has 0 aliphatic carbocycles. The Morgan fingerprint density at radius 2 is 1.87 bits per heavy atom. The van der Waals surface area contributed by atoms with Gasteiger partial charge in [-0.15, -0.1) is 0 Å². The van der Waals surface area contributed by atoms with Gasteiger partial charge in [0.2, 0.25) is 11.8 Å². The molecule has 4 rings (SSSR count). The number of amides is 2. The highest BCUT2D eigenvalue weighted by Gasteiger charge is 2.30. The highest BCUT2D eigenvalue weighted by molar-refractivity contribution is 6.05. The molecule has 1 N–H and O–H groups in total. The number of oxazole rings is 1. The zero-order valence-electron chi connectivity index (χ0n) is 17.1. The lowest BCUT2D eigenvalue weighted by molar-refractivity contribution is -0.122. The first-order chi connectivity index (χ1) is 14.9. The second kappa shape index (κ2) is 8.43. The number of hydrogen-bond acceptors (Lipinski definition) is 6. The van der Waals surface area contributed by atoms with Gasteiger partial charge in [0.1, 0.15) is 5.76 Å². The molecule has 0 bridgehead atoms. The van der Waals surface area contributed by atoms with Crippen LogP contribution in [0.3, 0.4) is 0 Å². The normalized spacial score (nSPS) is 15.6. The Labute approximate surface area is 178 Å². The van der Waals surface area contributed by atoms with Crippen LogP contribution in [0.1, 0.15) is 29.6 Å². The predicted molar refractivity (Wildman–Crippen MR) is 114 cm³/mol. The van der Waals surface area contributed by atoms with Crippen LogP contribution in [0.5, 0.6) is 0 Å². The summed E-state index contributed by atoms with van der Waals surface area (Å²) in [7, 11) is 0. The maximum absolute atomic E-state index is 12.9. The fourth-order valence-electron chi connectivity index (χ4n) is 3.52. The molecular weight excluding hydrogens is 398 g/mol. The molecule has 0 unspecified atom stereocenters. The van der Waals surface area contributed by atoms with E-state index >= 15 is 0 Å². The number of aromatic nitrogens is 1. The van der Waals surface area contributed by atoms with E-state index in [1.807, 2.05) is 30.3 Å². The van der Waals surface area contributed by atoms with Crippen LogP contribution in [-0.4, -0.2) is 35.4 Å². The van der Waals surface area contributed by atoms with Crippen LogP contribution in [0.4, 0.5) is 11.4 Å². The second-order valence-corrected chi connectivity index (χ2v) is 7.25. The Morgan fingerprint density at radius 1 is 1.16 bits per heavy atom. The van der Waals surface area contributed by atoms with Crippen molar-refractivity contribution in [1.29, 1.82) is 0 Å². The summed E-state index contributed by atoms with van der Waals surface area (Å²) in [5.74, 6) is -0.759. The molecule has 31 heavy (non-hydrogen) atoms. The summed E-state index contributed by atoms with van der Waals surface area (Å²) in [6, 6.07) is 15.8. The third-order valence-electron chi connectivity index (χ3n) is 4.97. The van der Waals surface area contributed by atoms with Crippen molar-refractivity contribution in [3.8, 4) is 11.5 Å². The number of nitrogens with one attached hydrogen (secondary N) is 1. The van der Waals surface area contributed by atoms with Crippen LogP contribution in [0.25, 0.3) is 11.5 Å². The third-order valence-corrected chi connectivity index (χ3v) is 4.97. The van der Waals surface area contributed by atoms with E-state index in [0.29, 0.717) is 23.0 Å². The Kier molecular flexibility index (Phi) is 5.53. The van der Waals surface area contributed by atoms with Crippen LogP contribution in [0, 0.1) is 6.92 Å². The van der Waals surface area contributed by atoms with Gasteiger partial charge in [0.05, 0.1) is 11.4 Å². The largest absolute Gasteiger partial charge is 0.451 e. The molecule has 0 spiro atoms. The molecule has 1 atom stereocenters. The first kappa shape index (κ1) is 20.3. The summed E-state index contributed by atoms with van der Waals surface area (Å²) in [5.41, 5.74) is 1.85. The van der Waals surface area contributed by atoms with Crippen molar-refractivity contribution in [2.75, 3.05) is 16.8 Å². The molecule has 2 amide bonds. The molecule has 158 valence electrons. The molecule has 0 fully saturated rings. The van der Waals surface area contributed by atoms with E-state index in [1.165, 1.54) is 4.90 Å². The van der Waals surface area contributed by atoms with Gasteiger partial charge < -0.3 is 19.4 Å². The Morgan fingerprint density at radius 3 is 2.65 bits per heavy atom. The summed E-state index contributed by atoms with van der Waals surface area (Å²) in [4.78, 5) is 43.3. The smallest absolute Gasteiger partial charge is 0.361 e. The molecular formula is C23H21N3O5. The van der Waals surface area contributed by atoms with Crippen LogP contribution in [0.2, 0.25) is 0 Å². The van der Waals surface area contributed by atoms with Gasteiger partial charge in [0, 0.05) is 18.0 Å². The van der Waals surface area contributed by atoms with Gasteiger partial charge in [0.15, 0.2) is 12.3 Å². The summed E-state index contributed by atoms with van der Waals surface area (Å²) >= 11 is 0. The number of rotatable bonds is 4. The number of hydrogen-bond donors (Lipinski definition) is 1. The maximum Gasteiger partial charge on any atom is 0.361 e. The van der Waals surface area contributed by atoms with E-state index in [9.17, 15) is 14.4 Å². The van der Waals surface area contributed by atoms with Gasteiger partial charge in [-0.25, -0.2) is 9.78 Å². The van der Waals surface area contributed by atoms with Gasteiger partial charge in [-0.3, -0.25) is 9.59 Å². The topological polar surface area (TPSA) is 102 Å². The molecule has 1 aliphatic rings. The van der Waals surface area contributed by atoms with E-state index < -0.39 is 24.5 Å². The molecule has 2 aromatic carbocycles. The summed E-state index contributed by atoms with van der Waals surface area (Å²) in [6.45, 7) is 2.90. The third kappa shape index (κ3) is 4.18. The van der Waals surface area contributed by atoms with Crippen molar-refractivity contribution in [1.82, 2.24) is 4.98 Å². The lowest BCUT2D eigenvalue weighted by Gasteiger charge is -2.27. The predicted octanol–water partition coefficient (Wildman–Crippen LogP) is 3.57. The van der Waals surface area contributed by atoms with Crippen molar-refractivity contribution < 1.29 is 23.5 Å². The van der Waals surface area contributed by atoms with Crippen LogP contribution in [-0.2, 0) is 14.3 Å². The number of ether oxygens (including phenoxy) is 1. The molecule has 1 aromatic heterocycles. The zero-order chi connectivity index (χ0) is 22.0. The number of carbonyl (C=O) groups excluding carboxylic acids is 3. The van der Waals surface area contributed by atoms with Gasteiger partial charge in [0.25, 0.3) is 5.91 Å². The zero-order valence-corrected chi connectivity index (χ0v) is 17.1. The molecule has 0 radical (unpaired) electrons. The molecule has 0 saturated carbocycles. The van der Waals surface area contributed by atoms with Crippen molar-refractivity contribution in [2.24, 2.45) is 0 Å². The van der Waals surface area contributed by atoms with Crippen molar-refractivity contribution in [3.05, 3.63) is 66.1 Å². The number of aryl methyl sites for hydroxylation is 1. The van der Waals surface area contributed by atoms with Crippen LogP contribution >= 0.6 is 0 Å². The summed E-state index contributed by atoms with van der Waals surface area (Å²) < 4.78 is 10.8. The lowest BCUT2D eigenvalue weighted by Crippen LogP contribution is -2.41. The minimum Gasteiger partial charge on any atom is -0.451 e. The number of anilines is 2. The molecule has 2 heterocycles. The van der Waals surface area contributed by atoms with Crippen molar-refractivity contribution >= 4 is 29.2 Å². The molecule has 8 nitrogen and oxygen atoms in total. The number of esters is 1. The fraction of sp³-hybridized carbons (Fsp3) is 0.217. The van der Waals surface area contributed by atoms with Gasteiger partial charge in [-0.2, -0.15) is 0 Å². The highest BCUT2D eigenvalue weighted by Crippen LogP contribution is 2.31. The molecule has 8 heteroatoms. The number of fused-ring (bicyclic) bond motifs is 1. The standard InChI is InChI=1S/C23H21N3O5/c1-14-12-19(27)24-17-10-6-7-11-18(17)26(14)20(28)13-30-23(29)21-15(2)31-22(25-21)16-8-4-3-5-9-16/h3-11,14H,12-13H2,1-2H3,(H,24,27)/t14-/m0/s1. The Balaban J connectivity index is 1.49. The van der Waals surface area contributed by atoms with Crippen LogP contribution in [0.15, 0.2) is 59.0 Å². The number of benzene rings is 2. The molecule has 0 saturated heterocycles. The minimum atomic E-state index is -0.748. The number of carbonyl (C=O) groups is 3. The molecule has 1 aliphatic heterocycles. The average Bonchev–Trinajstić information content (AvgIpc) is 3.09. The van der Waals surface area contributed by atoms with E-state index in [0.717, 1.165) is 5.56 Å².